The molecule has 0 amide bonds. The lowest BCUT2D eigenvalue weighted by Gasteiger charge is -2.35. The van der Waals surface area contributed by atoms with Crippen LogP contribution in [0.3, 0.4) is 0 Å². The van der Waals surface area contributed by atoms with Crippen LogP contribution in [0.15, 0.2) is 53.3 Å². The predicted molar refractivity (Wildman–Crippen MR) is 137 cm³/mol. The van der Waals surface area contributed by atoms with Crippen LogP contribution in [-0.4, -0.2) is 35.5 Å². The van der Waals surface area contributed by atoms with Crippen LogP contribution >= 0.6 is 11.6 Å². The molecule has 1 aliphatic rings. The molecule has 0 bridgehead atoms. The Morgan fingerprint density at radius 3 is 2.58 bits per heavy atom. The Morgan fingerprint density at radius 1 is 1.31 bits per heavy atom. The molecule has 0 fully saturated rings. The average molecular weight is 527 g/mol. The molecule has 2 rings (SSSR count). The molecule has 198 valence electrons. The van der Waals surface area contributed by atoms with E-state index in [0.29, 0.717) is 47.8 Å². The number of aliphatic imine (C=N–C) groups is 1. The summed E-state index contributed by atoms with van der Waals surface area (Å²) in [6.45, 7) is 9.48. The Kier molecular flexibility index (Phi) is 9.97. The second-order valence-electron chi connectivity index (χ2n) is 9.58. The number of nitrogens with zero attached hydrogens (tertiary/aromatic N) is 1. The topological polar surface area (TPSA) is 84.9 Å². The summed E-state index contributed by atoms with van der Waals surface area (Å²) in [5.41, 5.74) is 4.38. The molecule has 5 nitrogen and oxygen atoms in total. The molecular weight excluding hydrogens is 493 g/mol. The van der Waals surface area contributed by atoms with Crippen molar-refractivity contribution in [3.05, 3.63) is 64.5 Å². The standard InChI is InChI=1S/C27H34ClF3N2O3/c1-5-7-22(33-21(6-2)8-12-34)16-20(32)17-26(35,27(29,30)31)11-10-25(3,4)23-15-19(28)14-18-9-13-36-24(18)23/h5,7,12,14-16,35H,1,6,8-11,13,17,32H2,2-4H3/b20-16-,22-7-,33-21?. The van der Waals surface area contributed by atoms with Gasteiger partial charge in [0.25, 0.3) is 0 Å². The number of fused-ring (bicyclic) bond motifs is 1. The highest BCUT2D eigenvalue weighted by atomic mass is 35.5. The molecule has 0 spiro atoms. The number of aliphatic hydroxyl groups is 1. The molecule has 0 saturated carbocycles. The Hall–Kier alpha value is -2.58. The van der Waals surface area contributed by atoms with E-state index in [1.807, 2.05) is 6.92 Å². The van der Waals surface area contributed by atoms with Gasteiger partial charge in [0.2, 0.25) is 0 Å². The van der Waals surface area contributed by atoms with E-state index in [-0.39, 0.29) is 24.2 Å². The van der Waals surface area contributed by atoms with E-state index in [1.165, 1.54) is 18.2 Å². The molecule has 0 radical (unpaired) electrons. The highest BCUT2D eigenvalue weighted by molar-refractivity contribution is 6.30. The summed E-state index contributed by atoms with van der Waals surface area (Å²) < 4.78 is 48.0. The van der Waals surface area contributed by atoms with Crippen LogP contribution in [0, 0.1) is 0 Å². The normalized spacial score (nSPS) is 16.8. The number of hydrogen-bond donors (Lipinski definition) is 2. The van der Waals surface area contributed by atoms with Crippen molar-refractivity contribution >= 4 is 23.6 Å². The summed E-state index contributed by atoms with van der Waals surface area (Å²) in [6.07, 6.45) is -0.231. The van der Waals surface area contributed by atoms with Gasteiger partial charge in [0.05, 0.1) is 12.3 Å². The molecule has 1 heterocycles. The number of carbonyl (C=O) groups excluding carboxylic acids is 1. The number of nitrogens with two attached hydrogens (primary N) is 1. The van der Waals surface area contributed by atoms with Crippen molar-refractivity contribution in [1.82, 2.24) is 0 Å². The third kappa shape index (κ3) is 7.46. The van der Waals surface area contributed by atoms with E-state index in [0.717, 1.165) is 5.56 Å². The Balaban J connectivity index is 2.32. The van der Waals surface area contributed by atoms with Gasteiger partial charge in [0, 0.05) is 41.3 Å². The summed E-state index contributed by atoms with van der Waals surface area (Å²) >= 11 is 6.26. The minimum atomic E-state index is -4.92. The van der Waals surface area contributed by atoms with Crippen molar-refractivity contribution < 1.29 is 27.8 Å². The van der Waals surface area contributed by atoms with Gasteiger partial charge in [0.15, 0.2) is 5.60 Å². The first-order valence-electron chi connectivity index (χ1n) is 11.8. The summed E-state index contributed by atoms with van der Waals surface area (Å²) in [4.78, 5) is 15.1. The molecular formula is C27H34ClF3N2O3. The van der Waals surface area contributed by atoms with Crippen molar-refractivity contribution in [1.29, 1.82) is 0 Å². The highest BCUT2D eigenvalue weighted by Gasteiger charge is 2.54. The Morgan fingerprint density at radius 2 is 2.00 bits per heavy atom. The van der Waals surface area contributed by atoms with Gasteiger partial charge in [0.1, 0.15) is 12.0 Å². The fraction of sp³-hybridized carbons (Fsp3) is 0.481. The third-order valence-electron chi connectivity index (χ3n) is 6.30. The van der Waals surface area contributed by atoms with Crippen LogP contribution in [-0.2, 0) is 16.6 Å². The van der Waals surface area contributed by atoms with Crippen molar-refractivity contribution in [2.24, 2.45) is 10.7 Å². The molecule has 1 aliphatic heterocycles. The van der Waals surface area contributed by atoms with E-state index in [9.17, 15) is 23.1 Å². The molecule has 0 aromatic heterocycles. The zero-order chi connectivity index (χ0) is 27.1. The summed E-state index contributed by atoms with van der Waals surface area (Å²) in [6, 6.07) is 3.51. The lowest BCUT2D eigenvalue weighted by atomic mass is 9.76. The fourth-order valence-electron chi connectivity index (χ4n) is 4.12. The second-order valence-corrected chi connectivity index (χ2v) is 10.0. The van der Waals surface area contributed by atoms with Crippen molar-refractivity contribution in [3.8, 4) is 5.75 Å². The SMILES string of the molecule is C=C/C=C(/C=C(\N)CC(O)(CCC(C)(C)c1cc(Cl)cc2c1OCC2)C(F)(F)F)N=C(CC)CC=O. The molecule has 9 heteroatoms. The molecule has 1 aromatic carbocycles. The lowest BCUT2D eigenvalue weighted by Crippen LogP contribution is -2.47. The van der Waals surface area contributed by atoms with Gasteiger partial charge in [-0.15, -0.1) is 0 Å². The van der Waals surface area contributed by atoms with Crippen molar-refractivity contribution in [2.75, 3.05) is 6.61 Å². The van der Waals surface area contributed by atoms with E-state index in [1.54, 1.807) is 26.0 Å². The zero-order valence-electron chi connectivity index (χ0n) is 20.9. The number of benzene rings is 1. The summed E-state index contributed by atoms with van der Waals surface area (Å²) in [5.74, 6) is 0.651. The second kappa shape index (κ2) is 12.1. The Labute approximate surface area is 215 Å². The maximum atomic E-state index is 14.1. The fourth-order valence-corrected chi connectivity index (χ4v) is 4.36. The van der Waals surface area contributed by atoms with Gasteiger partial charge in [-0.2, -0.15) is 13.2 Å². The molecule has 0 saturated heterocycles. The number of allylic oxidation sites excluding steroid dienone is 3. The Bertz CT molecular complexity index is 1060. The van der Waals surface area contributed by atoms with E-state index in [4.69, 9.17) is 22.1 Å². The molecule has 1 unspecified atom stereocenters. The van der Waals surface area contributed by atoms with Crippen LogP contribution in [0.2, 0.25) is 5.02 Å². The number of carbonyl (C=O) groups is 1. The van der Waals surface area contributed by atoms with Crippen molar-refractivity contribution in [3.63, 3.8) is 0 Å². The van der Waals surface area contributed by atoms with E-state index < -0.39 is 30.0 Å². The van der Waals surface area contributed by atoms with E-state index in [2.05, 4.69) is 11.6 Å². The van der Waals surface area contributed by atoms with Gasteiger partial charge in [-0.1, -0.05) is 45.0 Å². The smallest absolute Gasteiger partial charge is 0.417 e. The first-order chi connectivity index (χ1) is 16.8. The first kappa shape index (κ1) is 29.6. The van der Waals surface area contributed by atoms with Gasteiger partial charge in [-0.25, -0.2) is 0 Å². The zero-order valence-corrected chi connectivity index (χ0v) is 21.7. The van der Waals surface area contributed by atoms with Gasteiger partial charge in [-0.05, 0) is 54.5 Å². The number of aldehydes is 1. The highest BCUT2D eigenvalue weighted by Crippen LogP contribution is 2.45. The number of hydrogen-bond acceptors (Lipinski definition) is 5. The molecule has 1 atom stereocenters. The number of alkyl halides is 3. The molecule has 0 aliphatic carbocycles. The maximum Gasteiger partial charge on any atom is 0.417 e. The van der Waals surface area contributed by atoms with Crippen LogP contribution < -0.4 is 10.5 Å². The van der Waals surface area contributed by atoms with E-state index >= 15 is 0 Å². The number of halogens is 4. The number of rotatable bonds is 12. The monoisotopic (exact) mass is 526 g/mol. The largest absolute Gasteiger partial charge is 0.493 e. The maximum absolute atomic E-state index is 14.1. The minimum absolute atomic E-state index is 0.000737. The minimum Gasteiger partial charge on any atom is -0.493 e. The first-order valence-corrected chi connectivity index (χ1v) is 12.2. The van der Waals surface area contributed by atoms with Gasteiger partial charge < -0.3 is 20.4 Å². The third-order valence-corrected chi connectivity index (χ3v) is 6.52. The van der Waals surface area contributed by atoms with Crippen LogP contribution in [0.1, 0.15) is 64.0 Å². The average Bonchev–Trinajstić information content (AvgIpc) is 3.24. The summed E-state index contributed by atoms with van der Waals surface area (Å²) in [7, 11) is 0. The number of ether oxygens (including phenoxy) is 1. The van der Waals surface area contributed by atoms with Crippen LogP contribution in [0.5, 0.6) is 5.75 Å². The molecule has 3 N–H and O–H groups in total. The van der Waals surface area contributed by atoms with Crippen LogP contribution in [0.4, 0.5) is 13.2 Å². The van der Waals surface area contributed by atoms with Crippen LogP contribution in [0.25, 0.3) is 0 Å². The van der Waals surface area contributed by atoms with Crippen molar-refractivity contribution in [2.45, 2.75) is 76.5 Å². The lowest BCUT2D eigenvalue weighted by molar-refractivity contribution is -0.263. The summed E-state index contributed by atoms with van der Waals surface area (Å²) in [5, 5.41) is 11.3. The quantitative estimate of drug-likeness (QED) is 0.188. The van der Waals surface area contributed by atoms with Gasteiger partial charge >= 0.3 is 6.18 Å². The predicted octanol–water partition coefficient (Wildman–Crippen LogP) is 6.37. The molecule has 1 aromatic rings. The molecule has 36 heavy (non-hydrogen) atoms. The van der Waals surface area contributed by atoms with Gasteiger partial charge in [-0.3, -0.25) is 4.99 Å².